The third-order valence-corrected chi connectivity index (χ3v) is 3.21. The maximum atomic E-state index is 4.21. The molecule has 13 heavy (non-hydrogen) atoms. The van der Waals surface area contributed by atoms with Crippen LogP contribution in [0.25, 0.3) is 0 Å². The van der Waals surface area contributed by atoms with Crippen molar-refractivity contribution in [3.63, 3.8) is 0 Å². The van der Waals surface area contributed by atoms with Crippen molar-refractivity contribution in [2.75, 3.05) is 25.4 Å². The van der Waals surface area contributed by atoms with E-state index >= 15 is 0 Å². The molecular weight excluding hydrogens is 178 g/mol. The summed E-state index contributed by atoms with van der Waals surface area (Å²) in [6.07, 6.45) is 6.86. The Bertz CT molecular complexity index is 127. The monoisotopic (exact) mass is 201 g/mol. The minimum atomic E-state index is 0.942. The fourth-order valence-electron chi connectivity index (χ4n) is 2.03. The summed E-state index contributed by atoms with van der Waals surface area (Å²) in [6, 6.07) is 0. The van der Waals surface area contributed by atoms with Crippen LogP contribution in [0.2, 0.25) is 0 Å². The highest BCUT2D eigenvalue weighted by Crippen LogP contribution is 2.15. The van der Waals surface area contributed by atoms with Crippen molar-refractivity contribution < 1.29 is 0 Å². The Labute approximate surface area is 88.3 Å². The Morgan fingerprint density at radius 1 is 1.23 bits per heavy atom. The first-order valence-corrected chi connectivity index (χ1v) is 6.29. The molecule has 0 bridgehead atoms. The van der Waals surface area contributed by atoms with E-state index in [1.807, 2.05) is 0 Å². The summed E-state index contributed by atoms with van der Waals surface area (Å²) in [6.45, 7) is 6.37. The van der Waals surface area contributed by atoms with Gasteiger partial charge in [-0.15, -0.1) is 0 Å². The second-order valence-electron chi connectivity index (χ2n) is 4.33. The normalized spacial score (nSPS) is 24.0. The number of unbranched alkanes of at least 4 members (excludes halogenated alkanes) is 3. The van der Waals surface area contributed by atoms with Crippen molar-refractivity contribution in [2.24, 2.45) is 5.92 Å². The molecular formula is C11H23NS. The molecule has 78 valence electrons. The average Bonchev–Trinajstić information content (AvgIpc) is 2.51. The van der Waals surface area contributed by atoms with Gasteiger partial charge in [0.1, 0.15) is 0 Å². The van der Waals surface area contributed by atoms with E-state index in [4.69, 9.17) is 0 Å². The van der Waals surface area contributed by atoms with E-state index in [-0.39, 0.29) is 0 Å². The smallest absolute Gasteiger partial charge is 0.000750 e. The predicted octanol–water partition coefficient (Wildman–Crippen LogP) is 2.82. The third kappa shape index (κ3) is 4.92. The molecule has 1 atom stereocenters. The van der Waals surface area contributed by atoms with Gasteiger partial charge in [0.2, 0.25) is 0 Å². The second kappa shape index (κ2) is 6.72. The molecule has 1 fully saturated rings. The SMILES string of the molecule is CC1CCN(CCCCCCS)C1. The molecule has 0 aromatic rings. The van der Waals surface area contributed by atoms with Crippen molar-refractivity contribution in [2.45, 2.75) is 39.0 Å². The number of hydrogen-bond acceptors (Lipinski definition) is 2. The summed E-state index contributed by atoms with van der Waals surface area (Å²) >= 11 is 4.21. The molecule has 0 saturated carbocycles. The average molecular weight is 201 g/mol. The Morgan fingerprint density at radius 3 is 2.62 bits per heavy atom. The van der Waals surface area contributed by atoms with Crippen LogP contribution in [-0.2, 0) is 0 Å². The van der Waals surface area contributed by atoms with Gasteiger partial charge in [-0.2, -0.15) is 12.6 Å². The van der Waals surface area contributed by atoms with Gasteiger partial charge in [-0.05, 0) is 44.0 Å². The number of rotatable bonds is 6. The molecule has 0 aromatic carbocycles. The van der Waals surface area contributed by atoms with Gasteiger partial charge in [-0.25, -0.2) is 0 Å². The van der Waals surface area contributed by atoms with Gasteiger partial charge in [0.25, 0.3) is 0 Å². The summed E-state index contributed by atoms with van der Waals surface area (Å²) in [5.41, 5.74) is 0. The number of hydrogen-bond donors (Lipinski definition) is 1. The van der Waals surface area contributed by atoms with Crippen molar-refractivity contribution >= 4 is 12.6 Å². The van der Waals surface area contributed by atoms with Gasteiger partial charge in [0.15, 0.2) is 0 Å². The maximum absolute atomic E-state index is 4.21. The molecule has 0 radical (unpaired) electrons. The Kier molecular flexibility index (Phi) is 5.88. The Morgan fingerprint density at radius 2 is 2.00 bits per heavy atom. The lowest BCUT2D eigenvalue weighted by Gasteiger charge is -2.14. The lowest BCUT2D eigenvalue weighted by molar-refractivity contribution is 0.318. The molecule has 1 unspecified atom stereocenters. The van der Waals surface area contributed by atoms with Crippen LogP contribution < -0.4 is 0 Å². The molecule has 1 saturated heterocycles. The fraction of sp³-hybridized carbons (Fsp3) is 1.00. The molecule has 1 aliphatic rings. The van der Waals surface area contributed by atoms with Gasteiger partial charge in [-0.1, -0.05) is 19.8 Å². The van der Waals surface area contributed by atoms with Crippen LogP contribution in [0.5, 0.6) is 0 Å². The van der Waals surface area contributed by atoms with Crippen LogP contribution >= 0.6 is 12.6 Å². The topological polar surface area (TPSA) is 3.24 Å². The van der Waals surface area contributed by atoms with E-state index in [0.717, 1.165) is 11.7 Å². The van der Waals surface area contributed by atoms with Gasteiger partial charge in [-0.3, -0.25) is 0 Å². The minimum Gasteiger partial charge on any atom is -0.303 e. The largest absolute Gasteiger partial charge is 0.303 e. The molecule has 0 amide bonds. The lowest BCUT2D eigenvalue weighted by atomic mass is 10.2. The van der Waals surface area contributed by atoms with Crippen LogP contribution in [0.1, 0.15) is 39.0 Å². The summed E-state index contributed by atoms with van der Waals surface area (Å²) in [4.78, 5) is 2.62. The predicted molar refractivity (Wildman–Crippen MR) is 62.5 cm³/mol. The minimum absolute atomic E-state index is 0.942. The molecule has 1 nitrogen and oxygen atoms in total. The number of likely N-dealkylation sites (tertiary alicyclic amines) is 1. The summed E-state index contributed by atoms with van der Waals surface area (Å²) in [5, 5.41) is 0. The van der Waals surface area contributed by atoms with Crippen molar-refractivity contribution in [1.29, 1.82) is 0 Å². The molecule has 1 heterocycles. The summed E-state index contributed by atoms with van der Waals surface area (Å²) < 4.78 is 0. The molecule has 0 N–H and O–H groups in total. The fourth-order valence-corrected chi connectivity index (χ4v) is 2.25. The lowest BCUT2D eigenvalue weighted by Crippen LogP contribution is -2.21. The first kappa shape index (κ1) is 11.4. The zero-order chi connectivity index (χ0) is 9.52. The molecule has 1 rings (SSSR count). The van der Waals surface area contributed by atoms with Crippen LogP contribution in [-0.4, -0.2) is 30.3 Å². The highest BCUT2D eigenvalue weighted by atomic mass is 32.1. The van der Waals surface area contributed by atoms with Crippen LogP contribution in [0.15, 0.2) is 0 Å². The van der Waals surface area contributed by atoms with E-state index in [1.54, 1.807) is 0 Å². The first-order valence-electron chi connectivity index (χ1n) is 5.66. The van der Waals surface area contributed by atoms with Gasteiger partial charge in [0.05, 0.1) is 0 Å². The first-order chi connectivity index (χ1) is 6.33. The quantitative estimate of drug-likeness (QED) is 0.511. The van der Waals surface area contributed by atoms with Gasteiger partial charge >= 0.3 is 0 Å². The van der Waals surface area contributed by atoms with E-state index in [9.17, 15) is 0 Å². The maximum Gasteiger partial charge on any atom is 0.000750 e. The van der Waals surface area contributed by atoms with Crippen LogP contribution in [0.4, 0.5) is 0 Å². The molecule has 0 spiro atoms. The van der Waals surface area contributed by atoms with E-state index in [0.29, 0.717) is 0 Å². The standard InChI is InChI=1S/C11H23NS/c1-11-6-8-12(10-11)7-4-2-3-5-9-13/h11,13H,2-10H2,1H3. The van der Waals surface area contributed by atoms with Crippen LogP contribution in [0, 0.1) is 5.92 Å². The van der Waals surface area contributed by atoms with E-state index in [1.165, 1.54) is 51.7 Å². The summed E-state index contributed by atoms with van der Waals surface area (Å²) in [7, 11) is 0. The Hall–Kier alpha value is 0.310. The van der Waals surface area contributed by atoms with E-state index in [2.05, 4.69) is 24.5 Å². The molecule has 0 aliphatic carbocycles. The Balaban J connectivity index is 1.88. The number of nitrogens with zero attached hydrogens (tertiary/aromatic N) is 1. The summed E-state index contributed by atoms with van der Waals surface area (Å²) in [5.74, 6) is 2.00. The molecule has 1 aliphatic heterocycles. The van der Waals surface area contributed by atoms with Crippen molar-refractivity contribution in [3.05, 3.63) is 0 Å². The second-order valence-corrected chi connectivity index (χ2v) is 4.78. The third-order valence-electron chi connectivity index (χ3n) is 2.89. The highest BCUT2D eigenvalue weighted by molar-refractivity contribution is 7.80. The van der Waals surface area contributed by atoms with Gasteiger partial charge < -0.3 is 4.90 Å². The molecule has 2 heteroatoms. The van der Waals surface area contributed by atoms with Gasteiger partial charge in [0, 0.05) is 6.54 Å². The zero-order valence-electron chi connectivity index (χ0n) is 8.84. The van der Waals surface area contributed by atoms with Crippen molar-refractivity contribution in [3.8, 4) is 0 Å². The molecule has 0 aromatic heterocycles. The van der Waals surface area contributed by atoms with Crippen molar-refractivity contribution in [1.82, 2.24) is 4.90 Å². The highest BCUT2D eigenvalue weighted by Gasteiger charge is 2.17. The zero-order valence-corrected chi connectivity index (χ0v) is 9.73. The van der Waals surface area contributed by atoms with Crippen LogP contribution in [0.3, 0.4) is 0 Å². The number of thiol groups is 1. The van der Waals surface area contributed by atoms with E-state index < -0.39 is 0 Å².